The number of hydrogen-bond acceptors (Lipinski definition) is 5. The minimum absolute atomic E-state index is 0.381. The lowest BCUT2D eigenvalue weighted by atomic mass is 9.94. The highest BCUT2D eigenvalue weighted by Crippen LogP contribution is 2.29. The second-order valence-corrected chi connectivity index (χ2v) is 6.01. The fourth-order valence-corrected chi connectivity index (χ4v) is 3.57. The molecule has 8 heteroatoms. The third-order valence-electron chi connectivity index (χ3n) is 2.77. The van der Waals surface area contributed by atoms with E-state index in [2.05, 4.69) is 0 Å². The van der Waals surface area contributed by atoms with Crippen LogP contribution in [0.4, 0.5) is 4.39 Å². The van der Waals surface area contributed by atoms with E-state index < -0.39 is 50.4 Å². The first kappa shape index (κ1) is 13.3. The van der Waals surface area contributed by atoms with E-state index in [9.17, 15) is 27.2 Å². The van der Waals surface area contributed by atoms with Crippen molar-refractivity contribution in [1.82, 2.24) is 0 Å². The maximum Gasteiger partial charge on any atom is 0.372 e. The van der Waals surface area contributed by atoms with Crippen molar-refractivity contribution in [2.75, 3.05) is 5.75 Å². The van der Waals surface area contributed by atoms with Crippen LogP contribution in [0.5, 0.6) is 0 Å². The van der Waals surface area contributed by atoms with Crippen molar-refractivity contribution in [3.05, 3.63) is 29.6 Å². The van der Waals surface area contributed by atoms with E-state index >= 15 is 0 Å². The number of hydrogen-bond donors (Lipinski definition) is 1. The second-order valence-electron chi connectivity index (χ2n) is 4.01. The molecule has 1 aliphatic heterocycles. The number of Topliss-reactive ketones (excluding diaryl/α,β-unsaturated/α-hetero) is 2. The van der Waals surface area contributed by atoms with Gasteiger partial charge in [-0.1, -0.05) is 0 Å². The molecule has 19 heavy (non-hydrogen) atoms. The molecule has 0 saturated carbocycles. The Morgan fingerprint density at radius 1 is 1.32 bits per heavy atom. The summed E-state index contributed by atoms with van der Waals surface area (Å²) in [7, 11) is -3.99. The van der Waals surface area contributed by atoms with Crippen molar-refractivity contribution in [3.63, 3.8) is 0 Å². The number of halogens is 1. The van der Waals surface area contributed by atoms with Crippen LogP contribution in [0.2, 0.25) is 0 Å². The Kier molecular flexibility index (Phi) is 2.97. The number of aliphatic carboxylic acids is 1. The number of carbonyl (C=O) groups is 3. The standard InChI is InChI=1S/C11H7FO6S/c12-5-1-2-8-6(3-5)9(13)7(4-19(8,17)18)10(14)11(15)16/h1-3,7H,4H2,(H,15,16). The van der Waals surface area contributed by atoms with Crippen molar-refractivity contribution in [3.8, 4) is 0 Å². The molecule has 1 heterocycles. The van der Waals surface area contributed by atoms with Gasteiger partial charge in [-0.05, 0) is 18.2 Å². The average molecular weight is 286 g/mol. The predicted octanol–water partition coefficient (Wildman–Crippen LogP) is 0.0656. The summed E-state index contributed by atoms with van der Waals surface area (Å²) in [5.74, 6) is -7.97. The first-order valence-electron chi connectivity index (χ1n) is 5.07. The summed E-state index contributed by atoms with van der Waals surface area (Å²) < 4.78 is 36.8. The summed E-state index contributed by atoms with van der Waals surface area (Å²) in [6, 6.07) is 2.50. The zero-order chi connectivity index (χ0) is 14.4. The molecule has 1 aliphatic rings. The van der Waals surface area contributed by atoms with Crippen LogP contribution >= 0.6 is 0 Å². The minimum atomic E-state index is -3.99. The molecule has 0 amide bonds. The Morgan fingerprint density at radius 3 is 2.53 bits per heavy atom. The number of benzene rings is 1. The molecule has 0 aliphatic carbocycles. The van der Waals surface area contributed by atoms with E-state index in [1.807, 2.05) is 0 Å². The SMILES string of the molecule is O=C(O)C(=O)C1CS(=O)(=O)c2ccc(F)cc2C1=O. The highest BCUT2D eigenvalue weighted by molar-refractivity contribution is 7.91. The monoisotopic (exact) mass is 286 g/mol. The number of carboxylic acid groups (broad SMARTS) is 1. The normalized spacial score (nSPS) is 20.7. The van der Waals surface area contributed by atoms with Crippen LogP contribution in [0.15, 0.2) is 23.1 Å². The van der Waals surface area contributed by atoms with Crippen LogP contribution in [-0.4, -0.2) is 36.8 Å². The van der Waals surface area contributed by atoms with Gasteiger partial charge in [0.1, 0.15) is 11.7 Å². The van der Waals surface area contributed by atoms with Gasteiger partial charge in [-0.25, -0.2) is 17.6 Å². The van der Waals surface area contributed by atoms with E-state index in [0.717, 1.165) is 12.1 Å². The molecular weight excluding hydrogens is 279 g/mol. The molecule has 0 spiro atoms. The summed E-state index contributed by atoms with van der Waals surface area (Å²) in [6.45, 7) is 0. The Balaban J connectivity index is 2.63. The number of ketones is 2. The summed E-state index contributed by atoms with van der Waals surface area (Å²) in [6.07, 6.45) is 0. The first-order valence-corrected chi connectivity index (χ1v) is 6.73. The zero-order valence-corrected chi connectivity index (χ0v) is 10.1. The Hall–Kier alpha value is -2.09. The van der Waals surface area contributed by atoms with Crippen molar-refractivity contribution in [2.45, 2.75) is 4.90 Å². The number of rotatable bonds is 2. The fraction of sp³-hybridized carbons (Fsp3) is 0.182. The van der Waals surface area contributed by atoms with Crippen LogP contribution in [0, 0.1) is 11.7 Å². The van der Waals surface area contributed by atoms with E-state index in [1.54, 1.807) is 0 Å². The molecule has 0 fully saturated rings. The van der Waals surface area contributed by atoms with Crippen LogP contribution in [0.3, 0.4) is 0 Å². The largest absolute Gasteiger partial charge is 0.475 e. The van der Waals surface area contributed by atoms with E-state index in [-0.39, 0.29) is 4.90 Å². The van der Waals surface area contributed by atoms with Gasteiger partial charge < -0.3 is 5.11 Å². The summed E-state index contributed by atoms with van der Waals surface area (Å²) in [5.41, 5.74) is -0.481. The lowest BCUT2D eigenvalue weighted by Crippen LogP contribution is -2.39. The van der Waals surface area contributed by atoms with Gasteiger partial charge in [0.15, 0.2) is 15.6 Å². The summed E-state index contributed by atoms with van der Waals surface area (Å²) in [4.78, 5) is 33.4. The number of sulfone groups is 1. The lowest BCUT2D eigenvalue weighted by molar-refractivity contribution is -0.150. The van der Waals surface area contributed by atoms with Gasteiger partial charge in [-0.2, -0.15) is 0 Å². The third-order valence-corrected chi connectivity index (χ3v) is 4.57. The average Bonchev–Trinajstić information content (AvgIpc) is 2.32. The molecule has 1 unspecified atom stereocenters. The smallest absolute Gasteiger partial charge is 0.372 e. The highest BCUT2D eigenvalue weighted by Gasteiger charge is 2.43. The highest BCUT2D eigenvalue weighted by atomic mass is 32.2. The van der Waals surface area contributed by atoms with Gasteiger partial charge in [-0.15, -0.1) is 0 Å². The van der Waals surface area contributed by atoms with Crippen LogP contribution in [0.25, 0.3) is 0 Å². The molecule has 0 radical (unpaired) electrons. The molecule has 2 rings (SSSR count). The lowest BCUT2D eigenvalue weighted by Gasteiger charge is -2.21. The maximum atomic E-state index is 13.1. The van der Waals surface area contributed by atoms with Gasteiger partial charge in [0.25, 0.3) is 5.78 Å². The number of carbonyl (C=O) groups excluding carboxylic acids is 2. The Morgan fingerprint density at radius 2 is 1.95 bits per heavy atom. The zero-order valence-electron chi connectivity index (χ0n) is 9.29. The molecule has 0 aromatic heterocycles. The van der Waals surface area contributed by atoms with Gasteiger partial charge in [-0.3, -0.25) is 9.59 Å². The van der Waals surface area contributed by atoms with Crippen LogP contribution in [0.1, 0.15) is 10.4 Å². The van der Waals surface area contributed by atoms with E-state index in [4.69, 9.17) is 5.11 Å². The van der Waals surface area contributed by atoms with Crippen molar-refractivity contribution in [2.24, 2.45) is 5.92 Å². The molecule has 1 aromatic rings. The molecule has 100 valence electrons. The van der Waals surface area contributed by atoms with Gasteiger partial charge >= 0.3 is 5.97 Å². The molecule has 6 nitrogen and oxygen atoms in total. The van der Waals surface area contributed by atoms with Crippen molar-refractivity contribution < 1.29 is 32.3 Å². The third kappa shape index (κ3) is 2.14. The molecule has 0 saturated heterocycles. The van der Waals surface area contributed by atoms with E-state index in [1.165, 1.54) is 0 Å². The van der Waals surface area contributed by atoms with Crippen LogP contribution in [-0.2, 0) is 19.4 Å². The van der Waals surface area contributed by atoms with Gasteiger partial charge in [0.2, 0.25) is 0 Å². The van der Waals surface area contributed by atoms with Gasteiger partial charge in [0.05, 0.1) is 10.6 Å². The number of carboxylic acids is 1. The number of fused-ring (bicyclic) bond motifs is 1. The van der Waals surface area contributed by atoms with Gasteiger partial charge in [0, 0.05) is 5.56 Å². The Labute approximate surface area is 106 Å². The quantitative estimate of drug-likeness (QED) is 0.468. The minimum Gasteiger partial charge on any atom is -0.475 e. The van der Waals surface area contributed by atoms with Crippen LogP contribution < -0.4 is 0 Å². The molecule has 1 atom stereocenters. The maximum absolute atomic E-state index is 13.1. The van der Waals surface area contributed by atoms with E-state index in [0.29, 0.717) is 6.07 Å². The van der Waals surface area contributed by atoms with Crippen molar-refractivity contribution in [1.29, 1.82) is 0 Å². The predicted molar refractivity (Wildman–Crippen MR) is 58.9 cm³/mol. The molecular formula is C11H7FO6S. The summed E-state index contributed by atoms with van der Waals surface area (Å²) in [5, 5.41) is 8.55. The molecule has 1 N–H and O–H groups in total. The first-order chi connectivity index (χ1) is 8.74. The van der Waals surface area contributed by atoms with Crippen molar-refractivity contribution >= 4 is 27.4 Å². The molecule has 1 aromatic carbocycles. The second kappa shape index (κ2) is 4.23. The fourth-order valence-electron chi connectivity index (χ4n) is 1.88. The summed E-state index contributed by atoms with van der Waals surface area (Å²) >= 11 is 0. The topological polar surface area (TPSA) is 106 Å². The molecule has 0 bridgehead atoms. The Bertz CT molecular complexity index is 706.